The number of β-amino-alcohol motifs (C(OH)–C–C–N with tert-alkyl or cyclic N) is 1. The Morgan fingerprint density at radius 3 is 2.59 bits per heavy atom. The molecule has 3 aromatic rings. The summed E-state index contributed by atoms with van der Waals surface area (Å²) >= 11 is 0. The van der Waals surface area contributed by atoms with E-state index in [2.05, 4.69) is 50.2 Å². The van der Waals surface area contributed by atoms with Gasteiger partial charge in [-0.1, -0.05) is 63.9 Å². The van der Waals surface area contributed by atoms with E-state index in [-0.39, 0.29) is 17.4 Å². The summed E-state index contributed by atoms with van der Waals surface area (Å²) in [6.45, 7) is 11.9. The first kappa shape index (κ1) is 30.8. The van der Waals surface area contributed by atoms with Gasteiger partial charge in [0.2, 0.25) is 5.91 Å². The van der Waals surface area contributed by atoms with Gasteiger partial charge in [0, 0.05) is 42.2 Å². The molecule has 0 bridgehead atoms. The molecule has 2 atom stereocenters. The zero-order valence-electron chi connectivity index (χ0n) is 25.4. The number of aromatic nitrogens is 1. The number of rotatable bonds is 14. The molecule has 0 aliphatic carbocycles. The molecule has 1 aromatic heterocycles. The van der Waals surface area contributed by atoms with Crippen LogP contribution in [0, 0.1) is 5.92 Å². The van der Waals surface area contributed by atoms with E-state index in [1.54, 1.807) is 4.90 Å². The summed E-state index contributed by atoms with van der Waals surface area (Å²) in [5.41, 5.74) is 4.16. The highest BCUT2D eigenvalue weighted by atomic mass is 16.3. The van der Waals surface area contributed by atoms with Crippen molar-refractivity contribution in [2.75, 3.05) is 18.0 Å². The summed E-state index contributed by atoms with van der Waals surface area (Å²) in [5.74, 6) is 0.500. The number of amides is 2. The molecular weight excluding hydrogens is 512 g/mol. The van der Waals surface area contributed by atoms with Crippen LogP contribution in [0.3, 0.4) is 0 Å². The van der Waals surface area contributed by atoms with Crippen LogP contribution in [0.1, 0.15) is 88.2 Å². The molecule has 7 heteroatoms. The summed E-state index contributed by atoms with van der Waals surface area (Å²) in [4.78, 5) is 31.6. The van der Waals surface area contributed by atoms with Gasteiger partial charge in [-0.2, -0.15) is 0 Å². The topological polar surface area (TPSA) is 97.5 Å². The fourth-order valence-electron chi connectivity index (χ4n) is 5.77. The van der Waals surface area contributed by atoms with Crippen molar-refractivity contribution in [3.63, 3.8) is 0 Å². The Morgan fingerprint density at radius 2 is 1.93 bits per heavy atom. The van der Waals surface area contributed by atoms with Crippen molar-refractivity contribution in [1.29, 1.82) is 0 Å². The number of aliphatic hydroxyl groups is 1. The zero-order chi connectivity index (χ0) is 29.6. The van der Waals surface area contributed by atoms with E-state index in [9.17, 15) is 14.7 Å². The van der Waals surface area contributed by atoms with Crippen molar-refractivity contribution in [2.24, 2.45) is 5.92 Å². The maximum absolute atomic E-state index is 13.8. The molecule has 2 aromatic carbocycles. The van der Waals surface area contributed by atoms with Gasteiger partial charge in [-0.3, -0.25) is 9.59 Å². The van der Waals surface area contributed by atoms with Gasteiger partial charge < -0.3 is 25.6 Å². The van der Waals surface area contributed by atoms with Crippen molar-refractivity contribution >= 4 is 28.4 Å². The average molecular weight is 561 g/mol. The molecule has 222 valence electrons. The van der Waals surface area contributed by atoms with Gasteiger partial charge in [0.25, 0.3) is 5.91 Å². The van der Waals surface area contributed by atoms with E-state index in [1.165, 1.54) is 6.42 Å². The lowest BCUT2D eigenvalue weighted by molar-refractivity contribution is -0.117. The molecule has 4 rings (SSSR count). The number of nitrogens with one attached hydrogen (secondary N) is 3. The van der Waals surface area contributed by atoms with Crippen LogP contribution in [0.25, 0.3) is 10.9 Å². The van der Waals surface area contributed by atoms with Crippen LogP contribution >= 0.6 is 0 Å². The second-order valence-corrected chi connectivity index (χ2v) is 12.6. The van der Waals surface area contributed by atoms with Gasteiger partial charge in [0.1, 0.15) is 0 Å². The molecule has 1 saturated heterocycles. The number of aliphatic hydroxyl groups excluding tert-OH is 1. The lowest BCUT2D eigenvalue weighted by Crippen LogP contribution is -2.52. The Morgan fingerprint density at radius 1 is 1.17 bits per heavy atom. The molecule has 2 heterocycles. The maximum atomic E-state index is 13.8. The average Bonchev–Trinajstić information content (AvgIpc) is 3.56. The number of nitrogens with zero attached hydrogens (tertiary/aromatic N) is 1. The van der Waals surface area contributed by atoms with Crippen LogP contribution in [-0.2, 0) is 17.6 Å². The minimum atomic E-state index is -0.787. The van der Waals surface area contributed by atoms with Crippen molar-refractivity contribution in [3.05, 3.63) is 65.4 Å². The van der Waals surface area contributed by atoms with Crippen LogP contribution in [-0.4, -0.2) is 52.7 Å². The monoisotopic (exact) mass is 560 g/mol. The smallest absolute Gasteiger partial charge is 0.251 e. The van der Waals surface area contributed by atoms with Gasteiger partial charge >= 0.3 is 0 Å². The Kier molecular flexibility index (Phi) is 10.3. The number of H-pyrrole nitrogens is 1. The van der Waals surface area contributed by atoms with Gasteiger partial charge in [-0.25, -0.2) is 0 Å². The molecule has 7 nitrogen and oxygen atoms in total. The second-order valence-electron chi connectivity index (χ2n) is 12.6. The summed E-state index contributed by atoms with van der Waals surface area (Å²) in [7, 11) is 0. The minimum absolute atomic E-state index is 0.0796. The normalized spacial score (nSPS) is 15.6. The number of aryl methyl sites for hydroxylation is 1. The second kappa shape index (κ2) is 13.7. The first-order chi connectivity index (χ1) is 19.6. The fourth-order valence-corrected chi connectivity index (χ4v) is 5.77. The highest BCUT2D eigenvalue weighted by Gasteiger charge is 2.28. The van der Waals surface area contributed by atoms with Crippen LogP contribution in [0.5, 0.6) is 0 Å². The van der Waals surface area contributed by atoms with Crippen molar-refractivity contribution < 1.29 is 14.7 Å². The third-order valence-electron chi connectivity index (χ3n) is 8.31. The Balaban J connectivity index is 1.56. The zero-order valence-corrected chi connectivity index (χ0v) is 25.4. The van der Waals surface area contributed by atoms with E-state index < -0.39 is 12.1 Å². The van der Waals surface area contributed by atoms with Crippen molar-refractivity contribution in [1.82, 2.24) is 15.6 Å². The largest absolute Gasteiger partial charge is 0.390 e. The molecule has 41 heavy (non-hydrogen) atoms. The Bertz CT molecular complexity index is 1310. The predicted octanol–water partition coefficient (Wildman–Crippen LogP) is 5.75. The van der Waals surface area contributed by atoms with E-state index in [0.717, 1.165) is 53.4 Å². The molecular formula is C34H48N4O3. The predicted molar refractivity (Wildman–Crippen MR) is 167 cm³/mol. The fraction of sp³-hybridized carbons (Fsp3) is 0.529. The first-order valence-corrected chi connectivity index (χ1v) is 15.3. The molecule has 0 saturated carbocycles. The van der Waals surface area contributed by atoms with Gasteiger partial charge in [-0.05, 0) is 68.7 Å². The number of aromatic amines is 1. The SMILES string of the molecule is CCc1c[nH]c2c(N3CCCC3=O)cc(C(=O)N[C@@H](Cc3ccccc3)[C@H](O)CNC(C)(C)CCCC(C)C)cc12. The van der Waals surface area contributed by atoms with Crippen molar-refractivity contribution in [2.45, 2.75) is 97.2 Å². The summed E-state index contributed by atoms with van der Waals surface area (Å²) in [5, 5.41) is 19.1. The molecule has 2 amide bonds. The number of carbonyl (C=O) groups excluding carboxylic acids is 2. The standard InChI is InChI=1S/C34H48N4O3/c1-6-25-21-35-32-27(25)19-26(20-29(32)38-17-11-15-31(38)40)33(41)37-28(18-24-13-8-7-9-14-24)30(39)22-36-34(4,5)16-10-12-23(2)3/h7-9,13-14,19-21,23,28,30,35-36,39H,6,10-12,15-18,22H2,1-5H3,(H,37,41)/t28-,30+/m0/s1. The molecule has 0 spiro atoms. The molecule has 0 unspecified atom stereocenters. The van der Waals surface area contributed by atoms with E-state index in [0.29, 0.717) is 37.4 Å². The van der Waals surface area contributed by atoms with E-state index >= 15 is 0 Å². The Hall–Kier alpha value is -3.16. The number of benzene rings is 2. The first-order valence-electron chi connectivity index (χ1n) is 15.3. The molecule has 4 N–H and O–H groups in total. The molecule has 1 aliphatic heterocycles. The number of carbonyl (C=O) groups is 2. The lowest BCUT2D eigenvalue weighted by atomic mass is 9.93. The van der Waals surface area contributed by atoms with Gasteiger partial charge in [-0.15, -0.1) is 0 Å². The van der Waals surface area contributed by atoms with Crippen LogP contribution < -0.4 is 15.5 Å². The van der Waals surface area contributed by atoms with Crippen LogP contribution in [0.4, 0.5) is 5.69 Å². The third kappa shape index (κ3) is 7.98. The maximum Gasteiger partial charge on any atom is 0.251 e. The summed E-state index contributed by atoms with van der Waals surface area (Å²) < 4.78 is 0. The highest BCUT2D eigenvalue weighted by molar-refractivity contribution is 6.08. The van der Waals surface area contributed by atoms with E-state index in [1.807, 2.05) is 48.7 Å². The van der Waals surface area contributed by atoms with Gasteiger partial charge in [0.15, 0.2) is 0 Å². The van der Waals surface area contributed by atoms with Gasteiger partial charge in [0.05, 0.1) is 23.3 Å². The lowest BCUT2D eigenvalue weighted by Gasteiger charge is -2.31. The molecule has 0 radical (unpaired) electrons. The molecule has 1 fully saturated rings. The summed E-state index contributed by atoms with van der Waals surface area (Å²) in [6, 6.07) is 13.2. The quantitative estimate of drug-likeness (QED) is 0.202. The van der Waals surface area contributed by atoms with Crippen LogP contribution in [0.2, 0.25) is 0 Å². The number of hydrogen-bond acceptors (Lipinski definition) is 4. The third-order valence-corrected chi connectivity index (χ3v) is 8.31. The highest BCUT2D eigenvalue weighted by Crippen LogP contribution is 2.33. The Labute approximate surface area is 245 Å². The van der Waals surface area contributed by atoms with Crippen molar-refractivity contribution in [3.8, 4) is 0 Å². The number of anilines is 1. The van der Waals surface area contributed by atoms with Crippen LogP contribution in [0.15, 0.2) is 48.7 Å². The minimum Gasteiger partial charge on any atom is -0.390 e. The number of hydrogen-bond donors (Lipinski definition) is 4. The molecule has 1 aliphatic rings. The van der Waals surface area contributed by atoms with E-state index in [4.69, 9.17) is 0 Å². The number of fused-ring (bicyclic) bond motifs is 1. The summed E-state index contributed by atoms with van der Waals surface area (Å²) in [6.07, 6.45) is 7.15.